The quantitative estimate of drug-likeness (QED) is 0.859. The van der Waals surface area contributed by atoms with Gasteiger partial charge >= 0.3 is 0 Å². The van der Waals surface area contributed by atoms with Crippen LogP contribution in [0.1, 0.15) is 24.1 Å². The number of ether oxygens (including phenoxy) is 1. The van der Waals surface area contributed by atoms with Crippen LogP contribution in [0.3, 0.4) is 0 Å². The van der Waals surface area contributed by atoms with Crippen molar-refractivity contribution in [1.82, 2.24) is 0 Å². The zero-order chi connectivity index (χ0) is 14.7. The van der Waals surface area contributed by atoms with E-state index >= 15 is 0 Å². The third kappa shape index (κ3) is 3.23. The average molecular weight is 294 g/mol. The lowest BCUT2D eigenvalue weighted by atomic mass is 10.0. The van der Waals surface area contributed by atoms with E-state index < -0.39 is 0 Å². The smallest absolute Gasteiger partial charge is 0.124 e. The summed E-state index contributed by atoms with van der Waals surface area (Å²) in [4.78, 5) is 0. The lowest BCUT2D eigenvalue weighted by molar-refractivity contribution is 0.408. The van der Waals surface area contributed by atoms with Crippen molar-refractivity contribution in [2.75, 3.05) is 12.4 Å². The summed E-state index contributed by atoms with van der Waals surface area (Å²) in [5, 5.41) is 3.64. The predicted molar refractivity (Wildman–Crippen MR) is 81.2 cm³/mol. The summed E-state index contributed by atoms with van der Waals surface area (Å²) >= 11 is 6.03. The van der Waals surface area contributed by atoms with Gasteiger partial charge in [-0.2, -0.15) is 0 Å². The van der Waals surface area contributed by atoms with Gasteiger partial charge in [0.15, 0.2) is 0 Å². The molecule has 1 unspecified atom stereocenters. The standard InChI is InChI=1S/C16H17ClFNO/c1-10-4-7-16(20-3)13(8-10)11(2)19-15-6-5-12(18)9-14(15)17/h4-9,11,19H,1-3H3. The Labute approximate surface area is 123 Å². The minimum Gasteiger partial charge on any atom is -0.496 e. The maximum atomic E-state index is 13.0. The molecular formula is C16H17ClFNO. The first-order valence-corrected chi connectivity index (χ1v) is 6.75. The number of anilines is 1. The van der Waals surface area contributed by atoms with E-state index in [4.69, 9.17) is 16.3 Å². The average Bonchev–Trinajstić information content (AvgIpc) is 2.41. The van der Waals surface area contributed by atoms with E-state index in [0.29, 0.717) is 10.7 Å². The molecule has 0 saturated heterocycles. The van der Waals surface area contributed by atoms with Crippen molar-refractivity contribution in [3.8, 4) is 5.75 Å². The van der Waals surface area contributed by atoms with E-state index in [0.717, 1.165) is 16.9 Å². The lowest BCUT2D eigenvalue weighted by Gasteiger charge is -2.19. The number of benzene rings is 2. The number of aryl methyl sites for hydroxylation is 1. The summed E-state index contributed by atoms with van der Waals surface area (Å²) in [6.07, 6.45) is 0. The molecule has 1 N–H and O–H groups in total. The van der Waals surface area contributed by atoms with Crippen molar-refractivity contribution >= 4 is 17.3 Å². The van der Waals surface area contributed by atoms with Crippen LogP contribution < -0.4 is 10.1 Å². The van der Waals surface area contributed by atoms with Gasteiger partial charge in [0.25, 0.3) is 0 Å². The molecule has 2 rings (SSSR count). The van der Waals surface area contributed by atoms with Crippen LogP contribution in [0.25, 0.3) is 0 Å². The Hall–Kier alpha value is -1.74. The fourth-order valence-corrected chi connectivity index (χ4v) is 2.33. The van der Waals surface area contributed by atoms with Gasteiger partial charge in [-0.25, -0.2) is 4.39 Å². The third-order valence-electron chi connectivity index (χ3n) is 3.15. The number of nitrogens with one attached hydrogen (secondary N) is 1. The van der Waals surface area contributed by atoms with Gasteiger partial charge in [0.2, 0.25) is 0 Å². The summed E-state index contributed by atoms with van der Waals surface area (Å²) in [7, 11) is 1.64. The first-order valence-electron chi connectivity index (χ1n) is 6.37. The summed E-state index contributed by atoms with van der Waals surface area (Å²) in [5.74, 6) is 0.468. The predicted octanol–water partition coefficient (Wildman–Crippen LogP) is 4.97. The molecule has 106 valence electrons. The highest BCUT2D eigenvalue weighted by molar-refractivity contribution is 6.33. The topological polar surface area (TPSA) is 21.3 Å². The van der Waals surface area contributed by atoms with E-state index in [9.17, 15) is 4.39 Å². The first kappa shape index (κ1) is 14.7. The van der Waals surface area contributed by atoms with Crippen LogP contribution in [0.4, 0.5) is 10.1 Å². The van der Waals surface area contributed by atoms with Crippen LogP contribution in [0.15, 0.2) is 36.4 Å². The highest BCUT2D eigenvalue weighted by Crippen LogP contribution is 2.31. The summed E-state index contributed by atoms with van der Waals surface area (Å²) < 4.78 is 18.4. The lowest BCUT2D eigenvalue weighted by Crippen LogP contribution is -2.09. The largest absolute Gasteiger partial charge is 0.496 e. The second-order valence-corrected chi connectivity index (χ2v) is 5.14. The molecule has 20 heavy (non-hydrogen) atoms. The highest BCUT2D eigenvalue weighted by Gasteiger charge is 2.13. The van der Waals surface area contributed by atoms with Gasteiger partial charge in [0, 0.05) is 5.56 Å². The van der Waals surface area contributed by atoms with Crippen molar-refractivity contribution in [2.45, 2.75) is 19.9 Å². The number of rotatable bonds is 4. The Balaban J connectivity index is 2.27. The van der Waals surface area contributed by atoms with E-state index in [1.165, 1.54) is 12.1 Å². The molecular weight excluding hydrogens is 277 g/mol. The fourth-order valence-electron chi connectivity index (χ4n) is 2.11. The zero-order valence-corrected chi connectivity index (χ0v) is 12.5. The van der Waals surface area contributed by atoms with Crippen molar-refractivity contribution in [3.05, 3.63) is 58.4 Å². The molecule has 2 nitrogen and oxygen atoms in total. The molecule has 0 bridgehead atoms. The number of hydrogen-bond donors (Lipinski definition) is 1. The summed E-state index contributed by atoms with van der Waals surface area (Å²) in [5.41, 5.74) is 2.89. The van der Waals surface area contributed by atoms with Crippen molar-refractivity contribution in [1.29, 1.82) is 0 Å². The molecule has 2 aromatic rings. The van der Waals surface area contributed by atoms with E-state index in [2.05, 4.69) is 11.4 Å². The molecule has 0 spiro atoms. The van der Waals surface area contributed by atoms with Gasteiger partial charge < -0.3 is 10.1 Å². The van der Waals surface area contributed by atoms with Gasteiger partial charge in [-0.3, -0.25) is 0 Å². The second-order valence-electron chi connectivity index (χ2n) is 4.74. The van der Waals surface area contributed by atoms with Crippen molar-refractivity contribution in [2.24, 2.45) is 0 Å². The molecule has 0 aliphatic rings. The Bertz CT molecular complexity index is 615. The van der Waals surface area contributed by atoms with E-state index in [1.54, 1.807) is 13.2 Å². The Kier molecular flexibility index (Phi) is 4.50. The normalized spacial score (nSPS) is 12.1. The Morgan fingerprint density at radius 3 is 2.60 bits per heavy atom. The van der Waals surface area contributed by atoms with Crippen LogP contribution in [-0.2, 0) is 0 Å². The SMILES string of the molecule is COc1ccc(C)cc1C(C)Nc1ccc(F)cc1Cl. The van der Waals surface area contributed by atoms with Crippen LogP contribution in [-0.4, -0.2) is 7.11 Å². The van der Waals surface area contributed by atoms with Crippen molar-refractivity contribution < 1.29 is 9.13 Å². The fraction of sp³-hybridized carbons (Fsp3) is 0.250. The maximum absolute atomic E-state index is 13.0. The second kappa shape index (κ2) is 6.14. The number of methoxy groups -OCH3 is 1. The molecule has 0 aromatic heterocycles. The van der Waals surface area contributed by atoms with Gasteiger partial charge in [0.1, 0.15) is 11.6 Å². The first-order chi connectivity index (χ1) is 9.51. The molecule has 0 amide bonds. The maximum Gasteiger partial charge on any atom is 0.124 e. The molecule has 2 aromatic carbocycles. The summed E-state index contributed by atoms with van der Waals surface area (Å²) in [6, 6.07) is 10.3. The molecule has 0 saturated carbocycles. The molecule has 0 radical (unpaired) electrons. The molecule has 4 heteroatoms. The summed E-state index contributed by atoms with van der Waals surface area (Å²) in [6.45, 7) is 4.04. The van der Waals surface area contributed by atoms with E-state index in [-0.39, 0.29) is 11.9 Å². The van der Waals surface area contributed by atoms with E-state index in [1.807, 2.05) is 26.0 Å². The van der Waals surface area contributed by atoms with Crippen LogP contribution in [0.2, 0.25) is 5.02 Å². The van der Waals surface area contributed by atoms with Crippen LogP contribution >= 0.6 is 11.6 Å². The Morgan fingerprint density at radius 2 is 1.95 bits per heavy atom. The van der Waals surface area contributed by atoms with Gasteiger partial charge in [-0.1, -0.05) is 29.3 Å². The highest BCUT2D eigenvalue weighted by atomic mass is 35.5. The van der Waals surface area contributed by atoms with Crippen LogP contribution in [0, 0.1) is 12.7 Å². The molecule has 0 fully saturated rings. The molecule has 0 heterocycles. The van der Waals surface area contributed by atoms with Gasteiger partial charge in [-0.05, 0) is 38.1 Å². The number of halogens is 2. The van der Waals surface area contributed by atoms with Gasteiger partial charge in [-0.15, -0.1) is 0 Å². The van der Waals surface area contributed by atoms with Crippen LogP contribution in [0.5, 0.6) is 5.75 Å². The minimum absolute atomic E-state index is 0.00666. The molecule has 1 atom stereocenters. The monoisotopic (exact) mass is 293 g/mol. The minimum atomic E-state index is -0.346. The molecule has 0 aliphatic heterocycles. The van der Waals surface area contributed by atoms with Gasteiger partial charge in [0.05, 0.1) is 23.9 Å². The van der Waals surface area contributed by atoms with Crippen molar-refractivity contribution in [3.63, 3.8) is 0 Å². The zero-order valence-electron chi connectivity index (χ0n) is 11.7. The molecule has 0 aliphatic carbocycles. The third-order valence-corrected chi connectivity index (χ3v) is 3.47. The Morgan fingerprint density at radius 1 is 1.20 bits per heavy atom. The number of hydrogen-bond acceptors (Lipinski definition) is 2.